The van der Waals surface area contributed by atoms with Gasteiger partial charge in [0.15, 0.2) is 0 Å². The molecule has 56 heavy (non-hydrogen) atoms. The lowest BCUT2D eigenvalue weighted by molar-refractivity contribution is 0.586. The predicted molar refractivity (Wildman–Crippen MR) is 212 cm³/mol. The van der Waals surface area contributed by atoms with Crippen LogP contribution in [-0.4, -0.2) is 0 Å². The summed E-state index contributed by atoms with van der Waals surface area (Å²) in [7, 11) is -3.92. The summed E-state index contributed by atoms with van der Waals surface area (Å²) < 4.78 is 120. The van der Waals surface area contributed by atoms with Gasteiger partial charge in [0, 0.05) is 57.8 Å². The highest BCUT2D eigenvalue weighted by atomic mass is 31.1. The summed E-state index contributed by atoms with van der Waals surface area (Å²) in [4.78, 5) is 0. The summed E-state index contributed by atoms with van der Waals surface area (Å²) in [5, 5.41) is 3.48. The molecular weight excluding hydrogens is 766 g/mol. The van der Waals surface area contributed by atoms with Gasteiger partial charge in [0.1, 0.15) is 46.5 Å². The Morgan fingerprint density at radius 2 is 0.625 bits per heavy atom. The van der Waals surface area contributed by atoms with Gasteiger partial charge >= 0.3 is 0 Å². The van der Waals surface area contributed by atoms with Crippen molar-refractivity contribution in [1.29, 1.82) is 0 Å². The average molecular weight is 795 g/mol. The Labute approximate surface area is 319 Å². The number of hydrogen-bond acceptors (Lipinski definition) is 0. The minimum absolute atomic E-state index is 0.0389. The molecule has 0 saturated heterocycles. The zero-order valence-electron chi connectivity index (χ0n) is 29.2. The lowest BCUT2D eigenvalue weighted by Gasteiger charge is -2.26. The van der Waals surface area contributed by atoms with Crippen LogP contribution in [0.5, 0.6) is 0 Å². The minimum Gasteiger partial charge on any atom is -0.207 e. The third-order valence-corrected chi connectivity index (χ3v) is 14.8. The van der Waals surface area contributed by atoms with Crippen LogP contribution in [0, 0.1) is 46.5 Å². The summed E-state index contributed by atoms with van der Waals surface area (Å²) in [5.41, 5.74) is 2.71. The van der Waals surface area contributed by atoms with Gasteiger partial charge < -0.3 is 0 Å². The van der Waals surface area contributed by atoms with E-state index in [1.807, 2.05) is 72.8 Å². The van der Waals surface area contributed by atoms with Gasteiger partial charge in [0.2, 0.25) is 0 Å². The van der Waals surface area contributed by atoms with E-state index in [-0.39, 0.29) is 33.5 Å². The number of fused-ring (bicyclic) bond motifs is 2. The summed E-state index contributed by atoms with van der Waals surface area (Å²) in [6, 6.07) is 35.1. The average Bonchev–Trinajstić information content (AvgIpc) is 3.17. The molecular formula is C46H28F8P2. The van der Waals surface area contributed by atoms with Crippen LogP contribution in [0.2, 0.25) is 0 Å². The molecule has 0 aliphatic heterocycles. The number of hydrogen-bond donors (Lipinski definition) is 0. The molecule has 8 aromatic rings. The quantitative estimate of drug-likeness (QED) is 0.101. The van der Waals surface area contributed by atoms with Crippen LogP contribution in [-0.2, 0) is 12.3 Å². The molecule has 0 fully saturated rings. The number of benzene rings is 8. The molecule has 10 heteroatoms. The second-order valence-corrected chi connectivity index (χ2v) is 17.5. The third kappa shape index (κ3) is 7.32. The van der Waals surface area contributed by atoms with Gasteiger partial charge in [0.05, 0.1) is 0 Å². The van der Waals surface area contributed by atoms with Crippen molar-refractivity contribution in [3.63, 3.8) is 0 Å². The zero-order chi connectivity index (χ0) is 39.1. The molecule has 8 aromatic carbocycles. The topological polar surface area (TPSA) is 0 Å². The van der Waals surface area contributed by atoms with Gasteiger partial charge in [-0.25, -0.2) is 35.1 Å². The van der Waals surface area contributed by atoms with Crippen LogP contribution >= 0.6 is 15.8 Å². The third-order valence-electron chi connectivity index (χ3n) is 9.74. The van der Waals surface area contributed by atoms with E-state index in [1.165, 1.54) is 24.3 Å². The molecule has 0 amide bonds. The normalized spacial score (nSPS) is 11.7. The fourth-order valence-corrected chi connectivity index (χ4v) is 11.9. The first-order valence-corrected chi connectivity index (χ1v) is 20.5. The van der Waals surface area contributed by atoms with E-state index in [0.29, 0.717) is 22.3 Å². The lowest BCUT2D eigenvalue weighted by Crippen LogP contribution is -2.20. The van der Waals surface area contributed by atoms with E-state index in [1.54, 1.807) is 0 Å². The van der Waals surface area contributed by atoms with Crippen LogP contribution < -0.4 is 21.2 Å². The van der Waals surface area contributed by atoms with Crippen molar-refractivity contribution in [2.45, 2.75) is 12.3 Å². The first kappa shape index (κ1) is 37.5. The van der Waals surface area contributed by atoms with Crippen LogP contribution in [0.25, 0.3) is 32.7 Å². The molecule has 0 radical (unpaired) electrons. The molecule has 0 bridgehead atoms. The van der Waals surface area contributed by atoms with E-state index in [4.69, 9.17) is 0 Å². The van der Waals surface area contributed by atoms with E-state index >= 15 is 17.6 Å². The monoisotopic (exact) mass is 794 g/mol. The Kier molecular flexibility index (Phi) is 10.5. The second kappa shape index (κ2) is 15.6. The summed E-state index contributed by atoms with van der Waals surface area (Å²) in [6.45, 7) is 0. The standard InChI is InChI=1S/C46H28F8P2/c47-31-13-17-41(37(51)21-31)55(42-18-14-32(48)22-38(42)52)25-29-11-9-27-5-1-3-7-35(27)45(29)46-30(12-10-28-6-2-4-8-36(28)46)26-56(43-19-15-33(49)23-39(43)53)44-20-16-34(50)24-40(44)54/h1-24H,25-26H2. The molecule has 0 unspecified atom stereocenters. The van der Waals surface area contributed by atoms with Gasteiger partial charge in [-0.3, -0.25) is 0 Å². The van der Waals surface area contributed by atoms with Crippen LogP contribution in [0.15, 0.2) is 146 Å². The highest BCUT2D eigenvalue weighted by Gasteiger charge is 2.28. The Morgan fingerprint density at radius 1 is 0.321 bits per heavy atom. The maximum absolute atomic E-state index is 15.7. The van der Waals surface area contributed by atoms with Gasteiger partial charge in [-0.2, -0.15) is 0 Å². The van der Waals surface area contributed by atoms with Crippen molar-refractivity contribution >= 4 is 58.6 Å². The van der Waals surface area contributed by atoms with Gasteiger partial charge in [-0.05, 0) is 108 Å². The molecule has 0 nitrogen and oxygen atoms in total. The Hall–Kier alpha value is -5.42. The summed E-state index contributed by atoms with van der Waals surface area (Å²) in [5.74, 6) is -6.72. The van der Waals surface area contributed by atoms with E-state index in [0.717, 1.165) is 70.1 Å². The van der Waals surface area contributed by atoms with Gasteiger partial charge in [-0.1, -0.05) is 72.8 Å². The van der Waals surface area contributed by atoms with Crippen molar-refractivity contribution < 1.29 is 35.1 Å². The van der Waals surface area contributed by atoms with E-state index < -0.39 is 62.4 Å². The molecule has 8 rings (SSSR count). The van der Waals surface area contributed by atoms with Gasteiger partial charge in [0.25, 0.3) is 0 Å². The Morgan fingerprint density at radius 3 is 0.929 bits per heavy atom. The molecule has 0 heterocycles. The molecule has 0 aliphatic carbocycles. The fourth-order valence-electron chi connectivity index (χ4n) is 7.23. The van der Waals surface area contributed by atoms with Crippen molar-refractivity contribution in [3.8, 4) is 11.1 Å². The first-order chi connectivity index (χ1) is 27.0. The first-order valence-electron chi connectivity index (χ1n) is 17.4. The summed E-state index contributed by atoms with van der Waals surface area (Å²) >= 11 is 0. The highest BCUT2D eigenvalue weighted by molar-refractivity contribution is 7.72. The van der Waals surface area contributed by atoms with Crippen molar-refractivity contribution in [3.05, 3.63) is 203 Å². The van der Waals surface area contributed by atoms with Crippen molar-refractivity contribution in [2.24, 2.45) is 0 Å². The zero-order valence-corrected chi connectivity index (χ0v) is 31.0. The highest BCUT2D eigenvalue weighted by Crippen LogP contribution is 2.49. The molecule has 278 valence electrons. The van der Waals surface area contributed by atoms with Crippen LogP contribution in [0.1, 0.15) is 11.1 Å². The SMILES string of the molecule is Fc1ccc(P(Cc2ccc3ccccc3c2-c2c(CP(c3ccc(F)cc3F)c3ccc(F)cc3F)ccc3ccccc23)c2ccc(F)cc2F)c(F)c1. The van der Waals surface area contributed by atoms with Crippen molar-refractivity contribution in [1.82, 2.24) is 0 Å². The van der Waals surface area contributed by atoms with Crippen LogP contribution in [0.4, 0.5) is 35.1 Å². The predicted octanol–water partition coefficient (Wildman–Crippen LogP) is 12.0. The largest absolute Gasteiger partial charge is 0.207 e. The van der Waals surface area contributed by atoms with E-state index in [2.05, 4.69) is 0 Å². The second-order valence-electron chi connectivity index (χ2n) is 13.2. The fraction of sp³-hybridized carbons (Fsp3) is 0.0435. The maximum Gasteiger partial charge on any atom is 0.134 e. The molecule has 0 saturated carbocycles. The smallest absolute Gasteiger partial charge is 0.134 e. The van der Waals surface area contributed by atoms with Crippen LogP contribution in [0.3, 0.4) is 0 Å². The summed E-state index contributed by atoms with van der Waals surface area (Å²) in [6.07, 6.45) is 0.0778. The minimum atomic E-state index is -1.96. The lowest BCUT2D eigenvalue weighted by atomic mass is 9.88. The Balaban J connectivity index is 1.40. The molecule has 0 aliphatic rings. The molecule has 0 spiro atoms. The van der Waals surface area contributed by atoms with Gasteiger partial charge in [-0.15, -0.1) is 0 Å². The molecule has 0 aromatic heterocycles. The molecule has 0 atom stereocenters. The molecule has 0 N–H and O–H groups in total. The Bertz CT molecular complexity index is 2490. The maximum atomic E-state index is 15.7. The van der Waals surface area contributed by atoms with E-state index in [9.17, 15) is 17.6 Å². The number of rotatable bonds is 9. The number of halogens is 8. The van der Waals surface area contributed by atoms with Crippen molar-refractivity contribution in [2.75, 3.05) is 0 Å².